The van der Waals surface area contributed by atoms with Crippen LogP contribution in [-0.2, 0) is 9.53 Å². The predicted octanol–water partition coefficient (Wildman–Crippen LogP) is 2.68. The fourth-order valence-electron chi connectivity index (χ4n) is 1.77. The molecule has 0 fully saturated rings. The number of rotatable bonds is 3. The van der Waals surface area contributed by atoms with Gasteiger partial charge in [0.2, 0.25) is 0 Å². The quantitative estimate of drug-likeness (QED) is 0.870. The maximum Gasteiger partial charge on any atom is 0.328 e. The number of ether oxygens (including phenoxy) is 1. The minimum Gasteiger partial charge on any atom is -0.459 e. The number of aromatic nitrogens is 1. The molecule has 0 spiro atoms. The summed E-state index contributed by atoms with van der Waals surface area (Å²) in [5, 5.41) is 3.92. The molecule has 0 saturated heterocycles. The van der Waals surface area contributed by atoms with Gasteiger partial charge in [-0.05, 0) is 20.8 Å². The Bertz CT molecular complexity index is 585. The molecule has 106 valence electrons. The second-order valence-corrected chi connectivity index (χ2v) is 5.50. The van der Waals surface area contributed by atoms with E-state index in [-0.39, 0.29) is 0 Å². The van der Waals surface area contributed by atoms with Gasteiger partial charge in [0.25, 0.3) is 0 Å². The lowest BCUT2D eigenvalue weighted by molar-refractivity contribution is -0.156. The highest BCUT2D eigenvalue weighted by Gasteiger charge is 2.27. The average molecular weight is 274 g/mol. The van der Waals surface area contributed by atoms with E-state index >= 15 is 0 Å². The zero-order chi connectivity index (χ0) is 14.8. The molecule has 0 aliphatic carbocycles. The molecule has 0 aliphatic rings. The molecular weight excluding hydrogens is 256 g/mol. The van der Waals surface area contributed by atoms with Gasteiger partial charge < -0.3 is 15.0 Å². The van der Waals surface area contributed by atoms with E-state index in [0.29, 0.717) is 11.3 Å². The van der Waals surface area contributed by atoms with Crippen molar-refractivity contribution in [2.75, 3.05) is 0 Å². The number of nitrogens with two attached hydrogens (primary N) is 1. The fourth-order valence-corrected chi connectivity index (χ4v) is 1.77. The van der Waals surface area contributed by atoms with E-state index in [4.69, 9.17) is 15.0 Å². The average Bonchev–Trinajstić information content (AvgIpc) is 2.86. The van der Waals surface area contributed by atoms with Crippen molar-refractivity contribution in [3.05, 3.63) is 42.2 Å². The number of carbonyl (C=O) groups excluding carboxylic acids is 1. The van der Waals surface area contributed by atoms with Crippen LogP contribution in [0.4, 0.5) is 0 Å². The molecule has 2 rings (SSSR count). The molecule has 5 nitrogen and oxygen atoms in total. The SMILES string of the molecule is CC(C)(C)OC(=O)C(N)c1conc1-c1ccccc1. The van der Waals surface area contributed by atoms with Crippen LogP contribution in [0.2, 0.25) is 0 Å². The highest BCUT2D eigenvalue weighted by atomic mass is 16.6. The minimum atomic E-state index is -0.921. The van der Waals surface area contributed by atoms with E-state index in [0.717, 1.165) is 5.56 Å². The van der Waals surface area contributed by atoms with Crippen molar-refractivity contribution in [3.8, 4) is 11.3 Å². The van der Waals surface area contributed by atoms with E-state index in [9.17, 15) is 4.79 Å². The summed E-state index contributed by atoms with van der Waals surface area (Å²) in [5.74, 6) is -0.502. The first-order valence-corrected chi connectivity index (χ1v) is 6.36. The third-order valence-corrected chi connectivity index (χ3v) is 2.64. The summed E-state index contributed by atoms with van der Waals surface area (Å²) < 4.78 is 10.2. The largest absolute Gasteiger partial charge is 0.459 e. The topological polar surface area (TPSA) is 78.4 Å². The zero-order valence-electron chi connectivity index (χ0n) is 11.8. The Morgan fingerprint density at radius 2 is 1.95 bits per heavy atom. The third kappa shape index (κ3) is 3.24. The Hall–Kier alpha value is -2.14. The standard InChI is InChI=1S/C15H18N2O3/c1-15(2,3)20-14(18)12(16)11-9-19-17-13(11)10-7-5-4-6-8-10/h4-9,12H,16H2,1-3H3. The summed E-state index contributed by atoms with van der Waals surface area (Å²) in [6.45, 7) is 5.38. The summed E-state index contributed by atoms with van der Waals surface area (Å²) in [4.78, 5) is 12.0. The van der Waals surface area contributed by atoms with Crippen LogP contribution >= 0.6 is 0 Å². The molecule has 2 N–H and O–H groups in total. The monoisotopic (exact) mass is 274 g/mol. The number of esters is 1. The van der Waals surface area contributed by atoms with Crippen molar-refractivity contribution >= 4 is 5.97 Å². The molecule has 0 aliphatic heterocycles. The van der Waals surface area contributed by atoms with Gasteiger partial charge in [0.1, 0.15) is 23.6 Å². The number of benzene rings is 1. The van der Waals surface area contributed by atoms with Crippen LogP contribution in [-0.4, -0.2) is 16.7 Å². The summed E-state index contributed by atoms with van der Waals surface area (Å²) in [5.41, 5.74) is 7.29. The molecule has 1 aromatic carbocycles. The van der Waals surface area contributed by atoms with Crippen LogP contribution in [0.5, 0.6) is 0 Å². The summed E-state index contributed by atoms with van der Waals surface area (Å²) in [6, 6.07) is 8.50. The van der Waals surface area contributed by atoms with E-state index < -0.39 is 17.6 Å². The maximum atomic E-state index is 12.0. The highest BCUT2D eigenvalue weighted by molar-refractivity contribution is 5.80. The van der Waals surface area contributed by atoms with Crippen molar-refractivity contribution in [2.45, 2.75) is 32.4 Å². The lowest BCUT2D eigenvalue weighted by Crippen LogP contribution is -2.31. The van der Waals surface area contributed by atoms with Crippen molar-refractivity contribution in [1.29, 1.82) is 0 Å². The normalized spacial score (nSPS) is 13.0. The Morgan fingerprint density at radius 3 is 2.55 bits per heavy atom. The van der Waals surface area contributed by atoms with E-state index in [1.807, 2.05) is 30.3 Å². The number of hydrogen-bond acceptors (Lipinski definition) is 5. The molecule has 0 bridgehead atoms. The summed E-state index contributed by atoms with van der Waals surface area (Å²) in [6.07, 6.45) is 1.39. The Kier molecular flexibility index (Phi) is 3.90. The smallest absolute Gasteiger partial charge is 0.328 e. The van der Waals surface area contributed by atoms with Crippen molar-refractivity contribution < 1.29 is 14.1 Å². The van der Waals surface area contributed by atoms with E-state index in [2.05, 4.69) is 5.16 Å². The van der Waals surface area contributed by atoms with Crippen molar-refractivity contribution in [3.63, 3.8) is 0 Å². The molecule has 20 heavy (non-hydrogen) atoms. The molecule has 1 unspecified atom stereocenters. The molecular formula is C15H18N2O3. The second kappa shape index (κ2) is 5.46. The Labute approximate surface area is 117 Å². The van der Waals surface area contributed by atoms with Crippen molar-refractivity contribution in [2.24, 2.45) is 5.73 Å². The number of hydrogen-bond donors (Lipinski definition) is 1. The molecule has 0 radical (unpaired) electrons. The Balaban J connectivity index is 2.26. The molecule has 1 atom stereocenters. The van der Waals surface area contributed by atoms with Gasteiger partial charge in [-0.1, -0.05) is 35.5 Å². The van der Waals surface area contributed by atoms with Crippen LogP contribution in [0.15, 0.2) is 41.1 Å². The zero-order valence-corrected chi connectivity index (χ0v) is 11.8. The van der Waals surface area contributed by atoms with Gasteiger partial charge in [-0.2, -0.15) is 0 Å². The Morgan fingerprint density at radius 1 is 1.30 bits per heavy atom. The van der Waals surface area contributed by atoms with Gasteiger partial charge in [-0.3, -0.25) is 0 Å². The van der Waals surface area contributed by atoms with Crippen LogP contribution in [0.25, 0.3) is 11.3 Å². The first-order valence-electron chi connectivity index (χ1n) is 6.36. The van der Waals surface area contributed by atoms with Crippen LogP contribution < -0.4 is 5.73 Å². The molecule has 1 aromatic heterocycles. The summed E-state index contributed by atoms with van der Waals surface area (Å²) >= 11 is 0. The first kappa shape index (κ1) is 14.3. The lowest BCUT2D eigenvalue weighted by Gasteiger charge is -2.21. The van der Waals surface area contributed by atoms with Crippen LogP contribution in [0.3, 0.4) is 0 Å². The van der Waals surface area contributed by atoms with Gasteiger partial charge in [0, 0.05) is 11.1 Å². The van der Waals surface area contributed by atoms with Crippen LogP contribution in [0.1, 0.15) is 32.4 Å². The molecule has 1 heterocycles. The molecule has 0 saturated carbocycles. The maximum absolute atomic E-state index is 12.0. The number of nitrogens with zero attached hydrogens (tertiary/aromatic N) is 1. The van der Waals surface area contributed by atoms with E-state index in [1.54, 1.807) is 20.8 Å². The third-order valence-electron chi connectivity index (χ3n) is 2.64. The molecule has 2 aromatic rings. The van der Waals surface area contributed by atoms with Crippen molar-refractivity contribution in [1.82, 2.24) is 5.16 Å². The minimum absolute atomic E-state index is 0.502. The highest BCUT2D eigenvalue weighted by Crippen LogP contribution is 2.27. The van der Waals surface area contributed by atoms with Gasteiger partial charge in [-0.25, -0.2) is 4.79 Å². The van der Waals surface area contributed by atoms with Crippen LogP contribution in [0, 0.1) is 0 Å². The van der Waals surface area contributed by atoms with Gasteiger partial charge in [0.05, 0.1) is 0 Å². The van der Waals surface area contributed by atoms with Gasteiger partial charge in [0.15, 0.2) is 0 Å². The second-order valence-electron chi connectivity index (χ2n) is 5.50. The lowest BCUT2D eigenvalue weighted by atomic mass is 10.0. The predicted molar refractivity (Wildman–Crippen MR) is 74.7 cm³/mol. The van der Waals surface area contributed by atoms with Gasteiger partial charge >= 0.3 is 5.97 Å². The summed E-state index contributed by atoms with van der Waals surface area (Å²) in [7, 11) is 0. The van der Waals surface area contributed by atoms with E-state index in [1.165, 1.54) is 6.26 Å². The fraction of sp³-hybridized carbons (Fsp3) is 0.333. The molecule has 0 amide bonds. The molecule has 5 heteroatoms. The number of carbonyl (C=O) groups is 1. The van der Waals surface area contributed by atoms with Gasteiger partial charge in [-0.15, -0.1) is 0 Å². The first-order chi connectivity index (χ1) is 9.38.